The third-order valence-corrected chi connectivity index (χ3v) is 2.40. The Balaban J connectivity index is 2.12. The number of nitro groups is 1. The maximum absolute atomic E-state index is 10.5. The van der Waals surface area contributed by atoms with E-state index < -0.39 is 6.17 Å². The van der Waals surface area contributed by atoms with Gasteiger partial charge in [0.05, 0.1) is 0 Å². The topological polar surface area (TPSA) is 68.1 Å². The Morgan fingerprint density at radius 1 is 1.60 bits per heavy atom. The Hall–Kier alpha value is -1.75. The molecule has 0 bridgehead atoms. The van der Waals surface area contributed by atoms with Crippen LogP contribution < -0.4 is 5.32 Å². The van der Waals surface area contributed by atoms with Crippen LogP contribution in [0.1, 0.15) is 12.0 Å². The standard InChI is InChI=1S/C10H11N3O2/c14-13(15)10-4-3-9(7-12-10)8-2-1-5-11-6-8/h1-3,5-6,10,12H,4,7H2. The molecule has 15 heavy (non-hydrogen) atoms. The third-order valence-electron chi connectivity index (χ3n) is 2.40. The molecule has 0 radical (unpaired) electrons. The van der Waals surface area contributed by atoms with Crippen molar-refractivity contribution in [2.24, 2.45) is 0 Å². The van der Waals surface area contributed by atoms with Crippen molar-refractivity contribution < 1.29 is 4.92 Å². The summed E-state index contributed by atoms with van der Waals surface area (Å²) < 4.78 is 0. The molecule has 0 amide bonds. The highest BCUT2D eigenvalue weighted by atomic mass is 16.6. The minimum atomic E-state index is -0.648. The van der Waals surface area contributed by atoms with Crippen LogP contribution in [0.25, 0.3) is 5.57 Å². The van der Waals surface area contributed by atoms with Crippen molar-refractivity contribution in [1.29, 1.82) is 0 Å². The predicted octanol–water partition coefficient (Wildman–Crippen LogP) is 1.06. The van der Waals surface area contributed by atoms with Crippen molar-refractivity contribution >= 4 is 5.57 Å². The summed E-state index contributed by atoms with van der Waals surface area (Å²) in [5.41, 5.74) is 2.09. The fraction of sp³-hybridized carbons (Fsp3) is 0.300. The zero-order valence-corrected chi connectivity index (χ0v) is 8.09. The number of hydrogen-bond acceptors (Lipinski definition) is 4. The van der Waals surface area contributed by atoms with Gasteiger partial charge in [-0.2, -0.15) is 0 Å². The van der Waals surface area contributed by atoms with E-state index >= 15 is 0 Å². The van der Waals surface area contributed by atoms with Crippen molar-refractivity contribution in [1.82, 2.24) is 10.3 Å². The molecule has 1 N–H and O–H groups in total. The van der Waals surface area contributed by atoms with Gasteiger partial charge in [0.15, 0.2) is 0 Å². The number of nitrogens with zero attached hydrogens (tertiary/aromatic N) is 2. The van der Waals surface area contributed by atoms with Crippen molar-refractivity contribution in [2.75, 3.05) is 6.54 Å². The lowest BCUT2D eigenvalue weighted by Gasteiger charge is -2.17. The first-order valence-electron chi connectivity index (χ1n) is 4.73. The van der Waals surface area contributed by atoms with Gasteiger partial charge in [-0.3, -0.25) is 20.4 Å². The highest BCUT2D eigenvalue weighted by Crippen LogP contribution is 2.17. The molecular weight excluding hydrogens is 194 g/mol. The predicted molar refractivity (Wildman–Crippen MR) is 55.6 cm³/mol. The van der Waals surface area contributed by atoms with Gasteiger partial charge in [-0.1, -0.05) is 12.1 Å². The normalized spacial score (nSPS) is 20.8. The Morgan fingerprint density at radius 2 is 2.47 bits per heavy atom. The Bertz CT molecular complexity index is 389. The van der Waals surface area contributed by atoms with Crippen LogP contribution in [0.5, 0.6) is 0 Å². The SMILES string of the molecule is O=[N+]([O-])C1CC=C(c2cccnc2)CN1. The van der Waals surface area contributed by atoms with Gasteiger partial charge >= 0.3 is 0 Å². The summed E-state index contributed by atoms with van der Waals surface area (Å²) >= 11 is 0. The largest absolute Gasteiger partial charge is 0.269 e. The summed E-state index contributed by atoms with van der Waals surface area (Å²) in [7, 11) is 0. The van der Waals surface area contributed by atoms with E-state index in [9.17, 15) is 10.1 Å². The van der Waals surface area contributed by atoms with E-state index in [4.69, 9.17) is 0 Å². The van der Waals surface area contributed by atoms with Gasteiger partial charge in [0.2, 0.25) is 0 Å². The van der Waals surface area contributed by atoms with E-state index in [0.29, 0.717) is 13.0 Å². The molecule has 0 aromatic carbocycles. The van der Waals surface area contributed by atoms with Gasteiger partial charge < -0.3 is 0 Å². The first kappa shape index (κ1) is 9.79. The molecule has 0 fully saturated rings. The fourth-order valence-corrected chi connectivity index (χ4v) is 1.57. The molecule has 1 atom stereocenters. The minimum absolute atomic E-state index is 0.295. The van der Waals surface area contributed by atoms with Gasteiger partial charge in [-0.05, 0) is 17.2 Å². The average molecular weight is 205 g/mol. The van der Waals surface area contributed by atoms with Crippen LogP contribution in [0.3, 0.4) is 0 Å². The summed E-state index contributed by atoms with van der Waals surface area (Å²) in [6, 6.07) is 3.81. The van der Waals surface area contributed by atoms with Crippen LogP contribution in [0, 0.1) is 10.1 Å². The number of rotatable bonds is 2. The second-order valence-corrected chi connectivity index (χ2v) is 3.39. The average Bonchev–Trinajstić information content (AvgIpc) is 2.30. The lowest BCUT2D eigenvalue weighted by Crippen LogP contribution is -2.39. The third kappa shape index (κ3) is 2.19. The molecule has 5 heteroatoms. The Kier molecular flexibility index (Phi) is 2.73. The molecular formula is C10H11N3O2. The molecule has 1 unspecified atom stereocenters. The summed E-state index contributed by atoms with van der Waals surface area (Å²) in [5.74, 6) is 0. The maximum Gasteiger partial charge on any atom is 0.269 e. The first-order valence-corrected chi connectivity index (χ1v) is 4.73. The Labute approximate surface area is 87.0 Å². The summed E-state index contributed by atoms with van der Waals surface area (Å²) in [6.07, 6.45) is 5.16. The van der Waals surface area contributed by atoms with Crippen molar-refractivity contribution in [2.45, 2.75) is 12.6 Å². The molecule has 0 saturated heterocycles. The molecule has 1 aromatic rings. The van der Waals surface area contributed by atoms with Crippen molar-refractivity contribution in [3.8, 4) is 0 Å². The van der Waals surface area contributed by atoms with Crippen LogP contribution in [-0.2, 0) is 0 Å². The summed E-state index contributed by atoms with van der Waals surface area (Å²) in [5, 5.41) is 13.4. The van der Waals surface area contributed by atoms with Crippen LogP contribution >= 0.6 is 0 Å². The zero-order chi connectivity index (χ0) is 10.7. The minimum Gasteiger partial charge on any atom is -0.264 e. The smallest absolute Gasteiger partial charge is 0.264 e. The molecule has 78 valence electrons. The number of aromatic nitrogens is 1. The van der Waals surface area contributed by atoms with Crippen molar-refractivity contribution in [3.05, 3.63) is 46.3 Å². The Morgan fingerprint density at radius 3 is 3.00 bits per heavy atom. The first-order chi connectivity index (χ1) is 7.27. The molecule has 2 rings (SSSR count). The highest BCUT2D eigenvalue weighted by Gasteiger charge is 2.22. The van der Waals surface area contributed by atoms with Gasteiger partial charge in [-0.15, -0.1) is 0 Å². The van der Waals surface area contributed by atoms with Crippen LogP contribution in [0.15, 0.2) is 30.6 Å². The van der Waals surface area contributed by atoms with Gasteiger partial charge in [0, 0.05) is 30.3 Å². The molecule has 0 spiro atoms. The van der Waals surface area contributed by atoms with Crippen LogP contribution in [-0.4, -0.2) is 22.6 Å². The summed E-state index contributed by atoms with van der Waals surface area (Å²) in [4.78, 5) is 14.2. The molecule has 0 saturated carbocycles. The van der Waals surface area contributed by atoms with Crippen molar-refractivity contribution in [3.63, 3.8) is 0 Å². The number of hydrogen-bond donors (Lipinski definition) is 1. The van der Waals surface area contributed by atoms with E-state index in [1.807, 2.05) is 18.2 Å². The van der Waals surface area contributed by atoms with E-state index in [-0.39, 0.29) is 4.92 Å². The van der Waals surface area contributed by atoms with Gasteiger partial charge in [-0.25, -0.2) is 0 Å². The second kappa shape index (κ2) is 4.18. The molecule has 5 nitrogen and oxygen atoms in total. The quantitative estimate of drug-likeness (QED) is 0.579. The molecule has 0 aliphatic carbocycles. The lowest BCUT2D eigenvalue weighted by atomic mass is 10.0. The van der Waals surface area contributed by atoms with E-state index in [2.05, 4.69) is 10.3 Å². The van der Waals surface area contributed by atoms with Crippen LogP contribution in [0.4, 0.5) is 0 Å². The molecule has 2 heterocycles. The number of nitrogens with one attached hydrogen (secondary N) is 1. The summed E-state index contributed by atoms with van der Waals surface area (Å²) in [6.45, 7) is 0.525. The molecule has 1 aliphatic rings. The fourth-order valence-electron chi connectivity index (χ4n) is 1.57. The van der Waals surface area contributed by atoms with Gasteiger partial charge in [0.25, 0.3) is 6.17 Å². The lowest BCUT2D eigenvalue weighted by molar-refractivity contribution is -0.528. The highest BCUT2D eigenvalue weighted by molar-refractivity contribution is 5.66. The second-order valence-electron chi connectivity index (χ2n) is 3.39. The monoisotopic (exact) mass is 205 g/mol. The van der Waals surface area contributed by atoms with E-state index in [0.717, 1.165) is 11.1 Å². The van der Waals surface area contributed by atoms with E-state index in [1.165, 1.54) is 0 Å². The zero-order valence-electron chi connectivity index (χ0n) is 8.09. The molecule has 1 aromatic heterocycles. The van der Waals surface area contributed by atoms with Crippen LogP contribution in [0.2, 0.25) is 0 Å². The number of pyridine rings is 1. The maximum atomic E-state index is 10.5. The van der Waals surface area contributed by atoms with Gasteiger partial charge in [0.1, 0.15) is 0 Å². The molecule has 1 aliphatic heterocycles. The van der Waals surface area contributed by atoms with E-state index in [1.54, 1.807) is 12.4 Å².